The number of thioether (sulfide) groups is 1. The number of hydrogen-bond acceptors (Lipinski definition) is 4. The van der Waals surface area contributed by atoms with Gasteiger partial charge in [-0.3, -0.25) is 9.59 Å². The van der Waals surface area contributed by atoms with Crippen LogP contribution in [0.5, 0.6) is 5.75 Å². The van der Waals surface area contributed by atoms with Crippen molar-refractivity contribution in [2.24, 2.45) is 0 Å². The average Bonchev–Trinajstić information content (AvgIpc) is 2.90. The molecule has 0 aliphatic heterocycles. The van der Waals surface area contributed by atoms with Gasteiger partial charge < -0.3 is 15.0 Å². The molecule has 2 amide bonds. The van der Waals surface area contributed by atoms with Gasteiger partial charge in [0.2, 0.25) is 11.8 Å². The van der Waals surface area contributed by atoms with Crippen LogP contribution >= 0.6 is 23.4 Å². The molecule has 0 bridgehead atoms. The van der Waals surface area contributed by atoms with E-state index in [1.807, 2.05) is 79.7 Å². The summed E-state index contributed by atoms with van der Waals surface area (Å²) >= 11 is 7.76. The molecule has 7 heteroatoms. The van der Waals surface area contributed by atoms with Gasteiger partial charge in [0.15, 0.2) is 0 Å². The Labute approximate surface area is 223 Å². The van der Waals surface area contributed by atoms with E-state index in [1.165, 1.54) is 11.8 Å². The molecule has 3 aromatic rings. The van der Waals surface area contributed by atoms with E-state index in [1.54, 1.807) is 18.1 Å². The van der Waals surface area contributed by atoms with Crippen molar-refractivity contribution in [3.63, 3.8) is 0 Å². The summed E-state index contributed by atoms with van der Waals surface area (Å²) in [7, 11) is 1.64. The van der Waals surface area contributed by atoms with E-state index in [4.69, 9.17) is 16.3 Å². The fourth-order valence-electron chi connectivity index (χ4n) is 3.81. The first-order valence-electron chi connectivity index (χ1n) is 12.1. The molecule has 190 valence electrons. The van der Waals surface area contributed by atoms with Gasteiger partial charge in [-0.2, -0.15) is 0 Å². The van der Waals surface area contributed by atoms with Gasteiger partial charge in [0.1, 0.15) is 11.8 Å². The molecule has 0 unspecified atom stereocenters. The van der Waals surface area contributed by atoms with Gasteiger partial charge >= 0.3 is 0 Å². The molecule has 0 spiro atoms. The van der Waals surface area contributed by atoms with Crippen molar-refractivity contribution in [1.29, 1.82) is 0 Å². The lowest BCUT2D eigenvalue weighted by Crippen LogP contribution is -2.51. The van der Waals surface area contributed by atoms with Crippen LogP contribution in [0.4, 0.5) is 0 Å². The summed E-state index contributed by atoms with van der Waals surface area (Å²) in [5, 5.41) is 3.60. The minimum Gasteiger partial charge on any atom is -0.497 e. The number of ether oxygens (including phenoxy) is 1. The van der Waals surface area contributed by atoms with E-state index in [0.717, 1.165) is 28.9 Å². The van der Waals surface area contributed by atoms with E-state index in [-0.39, 0.29) is 17.6 Å². The third-order valence-corrected chi connectivity index (χ3v) is 6.94. The Bertz CT molecular complexity index is 1110. The van der Waals surface area contributed by atoms with Gasteiger partial charge in [0, 0.05) is 30.3 Å². The monoisotopic (exact) mass is 524 g/mol. The van der Waals surface area contributed by atoms with Crippen LogP contribution in [0.25, 0.3) is 0 Å². The Hall–Kier alpha value is -2.96. The first-order chi connectivity index (χ1) is 17.5. The predicted octanol–water partition coefficient (Wildman–Crippen LogP) is 5.75. The highest BCUT2D eigenvalue weighted by atomic mass is 35.5. The first kappa shape index (κ1) is 27.6. The molecule has 0 saturated heterocycles. The second-order valence-electron chi connectivity index (χ2n) is 8.49. The number of nitrogens with one attached hydrogen (secondary N) is 1. The Morgan fingerprint density at radius 2 is 1.69 bits per heavy atom. The average molecular weight is 525 g/mol. The Morgan fingerprint density at radius 1 is 0.972 bits per heavy atom. The highest BCUT2D eigenvalue weighted by Crippen LogP contribution is 2.21. The zero-order valence-electron chi connectivity index (χ0n) is 20.8. The summed E-state index contributed by atoms with van der Waals surface area (Å²) < 4.78 is 5.22. The minimum absolute atomic E-state index is 0.0823. The summed E-state index contributed by atoms with van der Waals surface area (Å²) in [6.07, 6.45) is 1.26. The molecule has 0 fully saturated rings. The lowest BCUT2D eigenvalue weighted by atomic mass is 10.0. The number of carbonyl (C=O) groups is 2. The van der Waals surface area contributed by atoms with Crippen molar-refractivity contribution >= 4 is 35.2 Å². The standard InChI is InChI=1S/C29H33ClN2O3S/c1-3-16-31-29(34)27(18-22-8-5-4-6-9-22)32(19-24-10-7-11-25(30)17-24)28(33)21-36-20-23-12-14-26(35-2)15-13-23/h4-15,17,27H,3,16,18-21H2,1-2H3,(H,31,34)/t27-/m0/s1. The van der Waals surface area contributed by atoms with Crippen molar-refractivity contribution < 1.29 is 14.3 Å². The SMILES string of the molecule is CCCNC(=O)[C@H](Cc1ccccc1)N(Cc1cccc(Cl)c1)C(=O)CSCc1ccc(OC)cc1. The third-order valence-electron chi connectivity index (χ3n) is 5.72. The largest absolute Gasteiger partial charge is 0.497 e. The summed E-state index contributed by atoms with van der Waals surface area (Å²) in [5.41, 5.74) is 3.00. The molecule has 0 aliphatic rings. The zero-order valence-corrected chi connectivity index (χ0v) is 22.4. The van der Waals surface area contributed by atoms with Gasteiger partial charge in [0.05, 0.1) is 12.9 Å². The van der Waals surface area contributed by atoms with Gasteiger partial charge in [-0.25, -0.2) is 0 Å². The maximum atomic E-state index is 13.6. The van der Waals surface area contributed by atoms with E-state index in [0.29, 0.717) is 30.3 Å². The van der Waals surface area contributed by atoms with Crippen LogP contribution in [0.2, 0.25) is 5.02 Å². The molecule has 3 aromatic carbocycles. The molecule has 0 heterocycles. The molecule has 1 atom stereocenters. The van der Waals surface area contributed by atoms with Gasteiger partial charge in [0.25, 0.3) is 0 Å². The zero-order chi connectivity index (χ0) is 25.8. The lowest BCUT2D eigenvalue weighted by Gasteiger charge is -2.31. The number of methoxy groups -OCH3 is 1. The molecule has 36 heavy (non-hydrogen) atoms. The van der Waals surface area contributed by atoms with Crippen LogP contribution in [0.3, 0.4) is 0 Å². The van der Waals surface area contributed by atoms with Crippen molar-refractivity contribution in [3.05, 3.63) is 101 Å². The topological polar surface area (TPSA) is 58.6 Å². The fourth-order valence-corrected chi connectivity index (χ4v) is 4.90. The second-order valence-corrected chi connectivity index (χ2v) is 9.91. The van der Waals surface area contributed by atoms with Crippen LogP contribution in [-0.2, 0) is 28.3 Å². The number of rotatable bonds is 13. The fraction of sp³-hybridized carbons (Fsp3) is 0.310. The first-order valence-corrected chi connectivity index (χ1v) is 13.6. The maximum Gasteiger partial charge on any atom is 0.243 e. The number of benzene rings is 3. The molecule has 0 radical (unpaired) electrons. The van der Waals surface area contributed by atoms with Crippen molar-refractivity contribution in [2.45, 2.75) is 38.1 Å². The third kappa shape index (κ3) is 8.61. The Morgan fingerprint density at radius 3 is 2.36 bits per heavy atom. The Balaban J connectivity index is 1.81. The van der Waals surface area contributed by atoms with E-state index < -0.39 is 6.04 Å². The number of hydrogen-bond donors (Lipinski definition) is 1. The summed E-state index contributed by atoms with van der Waals surface area (Å²) in [4.78, 5) is 28.6. The molecule has 0 aromatic heterocycles. The smallest absolute Gasteiger partial charge is 0.243 e. The summed E-state index contributed by atoms with van der Waals surface area (Å²) in [6, 6.07) is 24.4. The van der Waals surface area contributed by atoms with Crippen LogP contribution in [0.15, 0.2) is 78.9 Å². The van der Waals surface area contributed by atoms with Crippen LogP contribution in [0, 0.1) is 0 Å². The number of nitrogens with zero attached hydrogens (tertiary/aromatic N) is 1. The van der Waals surface area contributed by atoms with Gasteiger partial charge in [-0.15, -0.1) is 11.8 Å². The number of halogens is 1. The van der Waals surface area contributed by atoms with Crippen molar-refractivity contribution in [3.8, 4) is 5.75 Å². The van der Waals surface area contributed by atoms with Crippen molar-refractivity contribution in [1.82, 2.24) is 10.2 Å². The minimum atomic E-state index is -0.632. The van der Waals surface area contributed by atoms with E-state index in [9.17, 15) is 9.59 Å². The van der Waals surface area contributed by atoms with Crippen molar-refractivity contribution in [2.75, 3.05) is 19.4 Å². The molecule has 0 aliphatic carbocycles. The van der Waals surface area contributed by atoms with Gasteiger partial charge in [-0.1, -0.05) is 73.1 Å². The highest BCUT2D eigenvalue weighted by molar-refractivity contribution is 7.99. The molecular formula is C29H33ClN2O3S. The lowest BCUT2D eigenvalue weighted by molar-refractivity contribution is -0.139. The second kappa shape index (κ2) is 14.6. The quantitative estimate of drug-likeness (QED) is 0.309. The number of carbonyl (C=O) groups excluding carboxylic acids is 2. The van der Waals surface area contributed by atoms with Crippen LogP contribution in [0.1, 0.15) is 30.0 Å². The van der Waals surface area contributed by atoms with E-state index >= 15 is 0 Å². The molecule has 1 N–H and O–H groups in total. The highest BCUT2D eigenvalue weighted by Gasteiger charge is 2.30. The van der Waals surface area contributed by atoms with Gasteiger partial charge in [-0.05, 0) is 47.4 Å². The normalized spacial score (nSPS) is 11.5. The summed E-state index contributed by atoms with van der Waals surface area (Å²) in [6.45, 7) is 2.88. The predicted molar refractivity (Wildman–Crippen MR) is 148 cm³/mol. The van der Waals surface area contributed by atoms with Crippen LogP contribution < -0.4 is 10.1 Å². The van der Waals surface area contributed by atoms with E-state index in [2.05, 4.69) is 5.32 Å². The number of amides is 2. The molecular weight excluding hydrogens is 492 g/mol. The summed E-state index contributed by atoms with van der Waals surface area (Å²) in [5.74, 6) is 1.53. The molecule has 3 rings (SSSR count). The maximum absolute atomic E-state index is 13.6. The van der Waals surface area contributed by atoms with Crippen LogP contribution in [-0.4, -0.2) is 42.2 Å². The molecule has 5 nitrogen and oxygen atoms in total. The molecule has 0 saturated carbocycles. The Kier molecular flexibility index (Phi) is 11.2.